The normalized spacial score (nSPS) is 34.7. The third-order valence-corrected chi connectivity index (χ3v) is 6.44. The summed E-state index contributed by atoms with van der Waals surface area (Å²) in [5.41, 5.74) is 2.59. The molecule has 132 valence electrons. The predicted octanol–water partition coefficient (Wildman–Crippen LogP) is 3.38. The fraction of sp³-hybridized carbons (Fsp3) is 0.500. The zero-order valence-electron chi connectivity index (χ0n) is 14.7. The zero-order chi connectivity index (χ0) is 17.9. The molecule has 1 aromatic rings. The van der Waals surface area contributed by atoms with Crippen LogP contribution in [0.15, 0.2) is 35.6 Å². The van der Waals surface area contributed by atoms with Crippen molar-refractivity contribution in [3.8, 4) is 0 Å². The average molecular weight is 360 g/mol. The van der Waals surface area contributed by atoms with Gasteiger partial charge in [0.05, 0.1) is 17.5 Å². The molecule has 0 N–H and O–H groups in total. The quantitative estimate of drug-likeness (QED) is 0.722. The largest absolute Gasteiger partial charge is 0.483 e. The van der Waals surface area contributed by atoms with Crippen LogP contribution in [-0.4, -0.2) is 35.1 Å². The number of aryl methyl sites for hydroxylation is 1. The minimum absolute atomic E-state index is 0.0244. The van der Waals surface area contributed by atoms with E-state index in [0.29, 0.717) is 18.4 Å². The van der Waals surface area contributed by atoms with Crippen molar-refractivity contribution in [2.45, 2.75) is 44.2 Å². The van der Waals surface area contributed by atoms with Gasteiger partial charge in [-0.3, -0.25) is 9.59 Å². The Hall–Kier alpha value is -1.81. The number of hydrogen-bond donors (Lipinski definition) is 0. The number of ketones is 1. The van der Waals surface area contributed by atoms with Crippen LogP contribution in [0.5, 0.6) is 0 Å². The fourth-order valence-corrected chi connectivity index (χ4v) is 4.57. The van der Waals surface area contributed by atoms with Crippen molar-refractivity contribution in [3.63, 3.8) is 0 Å². The lowest BCUT2D eigenvalue weighted by Crippen LogP contribution is -2.44. The van der Waals surface area contributed by atoms with E-state index in [4.69, 9.17) is 16.3 Å². The van der Waals surface area contributed by atoms with Crippen molar-refractivity contribution >= 4 is 23.3 Å². The molecule has 4 nitrogen and oxygen atoms in total. The molecule has 0 aromatic heterocycles. The van der Waals surface area contributed by atoms with Crippen LogP contribution < -0.4 is 0 Å². The van der Waals surface area contributed by atoms with Crippen LogP contribution in [0.3, 0.4) is 0 Å². The summed E-state index contributed by atoms with van der Waals surface area (Å²) >= 11 is 6.42. The Balaban J connectivity index is 1.76. The number of likely N-dealkylation sites (N-methyl/N-ethyl adjacent to an activating group) is 1. The summed E-state index contributed by atoms with van der Waals surface area (Å²) in [5.74, 6) is 0.115. The van der Waals surface area contributed by atoms with E-state index >= 15 is 0 Å². The number of carbonyl (C=O) groups excluding carboxylic acids is 2. The lowest BCUT2D eigenvalue weighted by molar-refractivity contribution is -0.135. The van der Waals surface area contributed by atoms with Gasteiger partial charge in [0.15, 0.2) is 11.5 Å². The van der Waals surface area contributed by atoms with E-state index in [9.17, 15) is 9.59 Å². The summed E-state index contributed by atoms with van der Waals surface area (Å²) in [6.45, 7) is 4.09. The van der Waals surface area contributed by atoms with Gasteiger partial charge in [0.1, 0.15) is 6.10 Å². The van der Waals surface area contributed by atoms with Gasteiger partial charge < -0.3 is 9.64 Å². The Morgan fingerprint density at radius 2 is 1.84 bits per heavy atom. The van der Waals surface area contributed by atoms with E-state index in [1.165, 1.54) is 0 Å². The molecule has 25 heavy (non-hydrogen) atoms. The number of amides is 1. The van der Waals surface area contributed by atoms with E-state index in [1.54, 1.807) is 11.9 Å². The number of fused-ring (bicyclic) bond motifs is 1. The molecule has 2 aliphatic heterocycles. The van der Waals surface area contributed by atoms with Crippen LogP contribution in [0, 0.1) is 18.8 Å². The molecule has 0 radical (unpaired) electrons. The minimum Gasteiger partial charge on any atom is -0.483 e. The molecule has 4 rings (SSSR count). The van der Waals surface area contributed by atoms with Gasteiger partial charge in [0.25, 0.3) is 5.91 Å². The molecule has 1 aliphatic carbocycles. The number of halogens is 1. The Kier molecular flexibility index (Phi) is 3.91. The number of benzene rings is 1. The Labute approximate surface area is 152 Å². The summed E-state index contributed by atoms with van der Waals surface area (Å²) < 4.78 is 6.07. The number of carbonyl (C=O) groups is 2. The second-order valence-electron chi connectivity index (χ2n) is 7.56. The van der Waals surface area contributed by atoms with Crippen LogP contribution in [0.2, 0.25) is 0 Å². The van der Waals surface area contributed by atoms with E-state index in [2.05, 4.69) is 6.92 Å². The van der Waals surface area contributed by atoms with E-state index in [0.717, 1.165) is 11.1 Å². The van der Waals surface area contributed by atoms with Crippen molar-refractivity contribution in [2.24, 2.45) is 11.8 Å². The first-order valence-corrected chi connectivity index (χ1v) is 9.25. The molecular weight excluding hydrogens is 338 g/mol. The highest BCUT2D eigenvalue weighted by Gasteiger charge is 2.52. The van der Waals surface area contributed by atoms with Crippen molar-refractivity contribution in [1.82, 2.24) is 4.90 Å². The number of nitrogens with zero attached hydrogens (tertiary/aromatic N) is 1. The molecule has 1 fully saturated rings. The molecule has 5 atom stereocenters. The molecule has 0 spiro atoms. The SMILES string of the molecule is Cc1ccc(C2C3=C(OC4CC(C)C(Cl)CC4C3=O)C(=O)N2C)cc1. The summed E-state index contributed by atoms with van der Waals surface area (Å²) in [6, 6.07) is 7.59. The number of alkyl halides is 1. The maximum atomic E-state index is 13.3. The van der Waals surface area contributed by atoms with Gasteiger partial charge >= 0.3 is 0 Å². The van der Waals surface area contributed by atoms with Crippen LogP contribution in [0.4, 0.5) is 0 Å². The smallest absolute Gasteiger partial charge is 0.289 e. The van der Waals surface area contributed by atoms with Crippen LogP contribution >= 0.6 is 11.6 Å². The van der Waals surface area contributed by atoms with Gasteiger partial charge in [0.2, 0.25) is 0 Å². The zero-order valence-corrected chi connectivity index (χ0v) is 15.4. The van der Waals surface area contributed by atoms with E-state index < -0.39 is 0 Å². The van der Waals surface area contributed by atoms with E-state index in [-0.39, 0.29) is 46.8 Å². The maximum absolute atomic E-state index is 13.3. The second kappa shape index (κ2) is 5.87. The third-order valence-electron chi connectivity index (χ3n) is 5.83. The molecule has 1 aromatic carbocycles. The lowest BCUT2D eigenvalue weighted by Gasteiger charge is -2.39. The van der Waals surface area contributed by atoms with Gasteiger partial charge in [-0.25, -0.2) is 0 Å². The van der Waals surface area contributed by atoms with Gasteiger partial charge in [-0.15, -0.1) is 11.6 Å². The maximum Gasteiger partial charge on any atom is 0.289 e. The van der Waals surface area contributed by atoms with E-state index in [1.807, 2.05) is 31.2 Å². The first-order valence-electron chi connectivity index (χ1n) is 8.81. The molecule has 0 bridgehead atoms. The molecule has 1 amide bonds. The number of rotatable bonds is 1. The molecule has 0 saturated heterocycles. The highest BCUT2D eigenvalue weighted by molar-refractivity contribution is 6.21. The van der Waals surface area contributed by atoms with Crippen molar-refractivity contribution in [3.05, 3.63) is 46.7 Å². The standard InChI is InChI=1S/C20H22ClNO3/c1-10-4-6-12(7-5-10)17-16-18(23)13-9-14(21)11(2)8-15(13)25-19(16)20(24)22(17)3/h4-7,11,13-15,17H,8-9H2,1-3H3. The fourth-order valence-electron chi connectivity index (χ4n) is 4.27. The Morgan fingerprint density at radius 1 is 1.16 bits per heavy atom. The minimum atomic E-state index is -0.371. The summed E-state index contributed by atoms with van der Waals surface area (Å²) in [4.78, 5) is 27.6. The number of hydrogen-bond acceptors (Lipinski definition) is 3. The van der Waals surface area contributed by atoms with Gasteiger partial charge in [-0.1, -0.05) is 36.8 Å². The summed E-state index contributed by atoms with van der Waals surface area (Å²) in [6.07, 6.45) is 1.10. The van der Waals surface area contributed by atoms with Crippen LogP contribution in [0.1, 0.15) is 36.9 Å². The van der Waals surface area contributed by atoms with Gasteiger partial charge in [-0.05, 0) is 31.2 Å². The number of Topliss-reactive ketones (excluding diaryl/α,β-unsaturated/α-hetero) is 1. The van der Waals surface area contributed by atoms with Crippen molar-refractivity contribution < 1.29 is 14.3 Å². The monoisotopic (exact) mass is 359 g/mol. The molecular formula is C20H22ClNO3. The summed E-state index contributed by atoms with van der Waals surface area (Å²) in [5, 5.41) is -0.0244. The van der Waals surface area contributed by atoms with Crippen LogP contribution in [-0.2, 0) is 14.3 Å². The van der Waals surface area contributed by atoms with Crippen molar-refractivity contribution in [2.75, 3.05) is 7.05 Å². The van der Waals surface area contributed by atoms with Gasteiger partial charge in [0, 0.05) is 12.4 Å². The van der Waals surface area contributed by atoms with Gasteiger partial charge in [-0.2, -0.15) is 0 Å². The second-order valence-corrected chi connectivity index (χ2v) is 8.12. The molecule has 1 saturated carbocycles. The molecule has 5 heteroatoms. The molecule has 5 unspecified atom stereocenters. The first kappa shape index (κ1) is 16.6. The predicted molar refractivity (Wildman–Crippen MR) is 95.1 cm³/mol. The topological polar surface area (TPSA) is 46.6 Å². The summed E-state index contributed by atoms with van der Waals surface area (Å²) in [7, 11) is 1.73. The highest BCUT2D eigenvalue weighted by atomic mass is 35.5. The Morgan fingerprint density at radius 3 is 2.52 bits per heavy atom. The van der Waals surface area contributed by atoms with Crippen LogP contribution in [0.25, 0.3) is 0 Å². The van der Waals surface area contributed by atoms with Crippen molar-refractivity contribution in [1.29, 1.82) is 0 Å². The molecule has 2 heterocycles. The number of ether oxygens (including phenoxy) is 1. The molecule has 3 aliphatic rings. The Bertz CT molecular complexity index is 770. The first-order chi connectivity index (χ1) is 11.9. The highest BCUT2D eigenvalue weighted by Crippen LogP contribution is 2.47. The average Bonchev–Trinajstić information content (AvgIpc) is 2.83. The third kappa shape index (κ3) is 2.50. The lowest BCUT2D eigenvalue weighted by atomic mass is 9.74.